The van der Waals surface area contributed by atoms with Gasteiger partial charge in [0.2, 0.25) is 5.91 Å². The van der Waals surface area contributed by atoms with Gasteiger partial charge in [-0.1, -0.05) is 0 Å². The van der Waals surface area contributed by atoms with Crippen molar-refractivity contribution in [1.29, 1.82) is 0 Å². The van der Waals surface area contributed by atoms with Gasteiger partial charge in [-0.05, 0) is 80.1 Å². The third-order valence-electron chi connectivity index (χ3n) is 6.19. The molecular formula is C23H24FN3O. The standard InChI is InChI=1S/C23H24FN3O/c24-16-4-9-19-20(15-25-21(19)14-16)23(10-11-23)22(28)26-17-5-7-18(8-6-17)27-12-2-1-3-13-27/h4-9,14-15,25H,1-3,10-13H2,(H,26,28). The van der Waals surface area contributed by atoms with Crippen molar-refractivity contribution in [2.24, 2.45) is 0 Å². The molecule has 2 N–H and O–H groups in total. The minimum atomic E-state index is -0.512. The maximum Gasteiger partial charge on any atom is 0.235 e. The smallest absolute Gasteiger partial charge is 0.235 e. The Hall–Kier alpha value is -2.82. The summed E-state index contributed by atoms with van der Waals surface area (Å²) in [5.41, 5.74) is 3.23. The molecule has 2 heterocycles. The second-order valence-electron chi connectivity index (χ2n) is 8.02. The van der Waals surface area contributed by atoms with Gasteiger partial charge in [-0.25, -0.2) is 4.39 Å². The average molecular weight is 377 g/mol. The fraction of sp³-hybridized carbons (Fsp3) is 0.348. The Bertz CT molecular complexity index is 1010. The summed E-state index contributed by atoms with van der Waals surface area (Å²) in [5, 5.41) is 4.02. The molecule has 2 aliphatic rings. The molecule has 4 nitrogen and oxygen atoms in total. The number of hydrogen-bond donors (Lipinski definition) is 2. The number of piperidine rings is 1. The first-order valence-electron chi connectivity index (χ1n) is 10.1. The van der Waals surface area contributed by atoms with Crippen LogP contribution in [-0.4, -0.2) is 24.0 Å². The van der Waals surface area contributed by atoms with E-state index in [-0.39, 0.29) is 11.7 Å². The number of rotatable bonds is 4. The Morgan fingerprint density at radius 2 is 1.79 bits per heavy atom. The molecule has 1 aromatic heterocycles. The van der Waals surface area contributed by atoms with Crippen LogP contribution in [0.1, 0.15) is 37.7 Å². The number of carbonyl (C=O) groups is 1. The molecule has 1 saturated heterocycles. The third-order valence-corrected chi connectivity index (χ3v) is 6.19. The summed E-state index contributed by atoms with van der Waals surface area (Å²) in [4.78, 5) is 18.6. The molecular weight excluding hydrogens is 353 g/mol. The van der Waals surface area contributed by atoms with E-state index in [0.29, 0.717) is 0 Å². The normalized spacial score (nSPS) is 18.2. The molecule has 2 fully saturated rings. The van der Waals surface area contributed by atoms with Crippen molar-refractivity contribution in [2.45, 2.75) is 37.5 Å². The van der Waals surface area contributed by atoms with Crippen LogP contribution in [0.3, 0.4) is 0 Å². The molecule has 1 amide bonds. The van der Waals surface area contributed by atoms with Gasteiger partial charge >= 0.3 is 0 Å². The van der Waals surface area contributed by atoms with E-state index >= 15 is 0 Å². The number of hydrogen-bond acceptors (Lipinski definition) is 2. The van der Waals surface area contributed by atoms with Crippen molar-refractivity contribution in [1.82, 2.24) is 4.98 Å². The minimum Gasteiger partial charge on any atom is -0.372 e. The predicted molar refractivity (Wildman–Crippen MR) is 110 cm³/mol. The van der Waals surface area contributed by atoms with Gasteiger partial charge in [-0.2, -0.15) is 0 Å². The minimum absolute atomic E-state index is 0.0171. The Morgan fingerprint density at radius 1 is 1.04 bits per heavy atom. The highest BCUT2D eigenvalue weighted by molar-refractivity contribution is 6.04. The second-order valence-corrected chi connectivity index (χ2v) is 8.02. The first kappa shape index (κ1) is 17.3. The highest BCUT2D eigenvalue weighted by Gasteiger charge is 2.52. The fourth-order valence-corrected chi connectivity index (χ4v) is 4.40. The SMILES string of the molecule is O=C(Nc1ccc(N2CCCCC2)cc1)C1(c2c[nH]c3cc(F)ccc23)CC1. The lowest BCUT2D eigenvalue weighted by Crippen LogP contribution is -2.29. The zero-order valence-electron chi connectivity index (χ0n) is 15.8. The van der Waals surface area contributed by atoms with Crippen molar-refractivity contribution in [3.63, 3.8) is 0 Å². The van der Waals surface area contributed by atoms with Crippen LogP contribution in [-0.2, 0) is 10.2 Å². The lowest BCUT2D eigenvalue weighted by molar-refractivity contribution is -0.118. The summed E-state index contributed by atoms with van der Waals surface area (Å²) in [6, 6.07) is 12.9. The molecule has 3 aromatic rings. The zero-order chi connectivity index (χ0) is 19.1. The average Bonchev–Trinajstić information content (AvgIpc) is 3.43. The largest absolute Gasteiger partial charge is 0.372 e. The number of aromatic amines is 1. The summed E-state index contributed by atoms with van der Waals surface area (Å²) in [6.07, 6.45) is 7.29. The Labute approximate surface area is 163 Å². The van der Waals surface area contributed by atoms with Gasteiger partial charge in [0.1, 0.15) is 5.82 Å². The molecule has 144 valence electrons. The van der Waals surface area contributed by atoms with Gasteiger partial charge in [0.25, 0.3) is 0 Å². The van der Waals surface area contributed by atoms with Gasteiger partial charge in [0.05, 0.1) is 5.41 Å². The number of nitrogens with one attached hydrogen (secondary N) is 2. The number of carbonyl (C=O) groups excluding carboxylic acids is 1. The molecule has 1 aliphatic carbocycles. The van der Waals surface area contributed by atoms with Crippen LogP contribution < -0.4 is 10.2 Å². The molecule has 1 saturated carbocycles. The summed E-state index contributed by atoms with van der Waals surface area (Å²) < 4.78 is 13.5. The van der Waals surface area contributed by atoms with E-state index in [9.17, 15) is 9.18 Å². The number of fused-ring (bicyclic) bond motifs is 1. The van der Waals surface area contributed by atoms with E-state index in [4.69, 9.17) is 0 Å². The fourth-order valence-electron chi connectivity index (χ4n) is 4.40. The number of nitrogens with zero attached hydrogens (tertiary/aromatic N) is 1. The molecule has 2 aromatic carbocycles. The zero-order valence-corrected chi connectivity index (χ0v) is 15.8. The first-order valence-corrected chi connectivity index (χ1v) is 10.1. The van der Waals surface area contributed by atoms with Crippen molar-refractivity contribution >= 4 is 28.2 Å². The molecule has 0 bridgehead atoms. The van der Waals surface area contributed by atoms with Gasteiger partial charge in [-0.3, -0.25) is 4.79 Å². The van der Waals surface area contributed by atoms with Crippen LogP contribution in [0.4, 0.5) is 15.8 Å². The van der Waals surface area contributed by atoms with Crippen LogP contribution in [0, 0.1) is 5.82 Å². The molecule has 28 heavy (non-hydrogen) atoms. The summed E-state index contributed by atoms with van der Waals surface area (Å²) >= 11 is 0. The predicted octanol–water partition coefficient (Wildman–Crippen LogP) is 4.97. The molecule has 0 spiro atoms. The maximum absolute atomic E-state index is 13.5. The summed E-state index contributed by atoms with van der Waals surface area (Å²) in [6.45, 7) is 2.21. The van der Waals surface area contributed by atoms with Gasteiger partial charge in [0, 0.05) is 41.6 Å². The lowest BCUT2D eigenvalue weighted by Gasteiger charge is -2.29. The number of amides is 1. The molecule has 1 aliphatic heterocycles. The quantitative estimate of drug-likeness (QED) is 0.675. The number of H-pyrrole nitrogens is 1. The van der Waals surface area contributed by atoms with Crippen LogP contribution in [0.2, 0.25) is 0 Å². The van der Waals surface area contributed by atoms with E-state index in [2.05, 4.69) is 27.3 Å². The highest BCUT2D eigenvalue weighted by Crippen LogP contribution is 2.51. The molecule has 5 heteroatoms. The monoisotopic (exact) mass is 377 g/mol. The topological polar surface area (TPSA) is 48.1 Å². The number of anilines is 2. The Balaban J connectivity index is 1.34. The molecule has 5 rings (SSSR count). The van der Waals surface area contributed by atoms with E-state index in [1.165, 1.54) is 37.1 Å². The van der Waals surface area contributed by atoms with E-state index in [1.807, 2.05) is 18.3 Å². The number of halogens is 1. The van der Waals surface area contributed by atoms with E-state index < -0.39 is 5.41 Å². The Kier molecular flexibility index (Phi) is 4.11. The molecule has 0 radical (unpaired) electrons. The first-order chi connectivity index (χ1) is 13.7. The van der Waals surface area contributed by atoms with Crippen molar-refractivity contribution < 1.29 is 9.18 Å². The van der Waals surface area contributed by atoms with E-state index in [0.717, 1.165) is 48.1 Å². The van der Waals surface area contributed by atoms with Crippen LogP contribution in [0.15, 0.2) is 48.7 Å². The van der Waals surface area contributed by atoms with Crippen LogP contribution >= 0.6 is 0 Å². The summed E-state index contributed by atoms with van der Waals surface area (Å²) in [7, 11) is 0. The third kappa shape index (κ3) is 2.95. The number of aromatic nitrogens is 1. The Morgan fingerprint density at radius 3 is 2.50 bits per heavy atom. The highest BCUT2D eigenvalue weighted by atomic mass is 19.1. The van der Waals surface area contributed by atoms with Gasteiger partial charge in [0.15, 0.2) is 0 Å². The summed E-state index contributed by atoms with van der Waals surface area (Å²) in [5.74, 6) is -0.257. The molecule has 0 atom stereocenters. The van der Waals surface area contributed by atoms with Crippen LogP contribution in [0.5, 0.6) is 0 Å². The van der Waals surface area contributed by atoms with E-state index in [1.54, 1.807) is 6.07 Å². The van der Waals surface area contributed by atoms with Gasteiger partial charge < -0.3 is 15.2 Å². The van der Waals surface area contributed by atoms with Crippen molar-refractivity contribution in [2.75, 3.05) is 23.3 Å². The van der Waals surface area contributed by atoms with Crippen molar-refractivity contribution in [3.8, 4) is 0 Å². The maximum atomic E-state index is 13.5. The number of benzene rings is 2. The second kappa shape index (κ2) is 6.66. The van der Waals surface area contributed by atoms with Gasteiger partial charge in [-0.15, -0.1) is 0 Å². The van der Waals surface area contributed by atoms with Crippen LogP contribution in [0.25, 0.3) is 10.9 Å². The molecule has 0 unspecified atom stereocenters. The lowest BCUT2D eigenvalue weighted by atomic mass is 9.94. The van der Waals surface area contributed by atoms with Crippen molar-refractivity contribution in [3.05, 3.63) is 60.0 Å².